The number of aromatic nitrogens is 2. The first-order valence-corrected chi connectivity index (χ1v) is 20.0. The monoisotopic (exact) mass is 824 g/mol. The molecule has 2 bridgehead atoms. The fraction of sp³-hybridized carbons (Fsp3) is 0.537. The number of likely N-dealkylation sites (tertiary alicyclic amines) is 3. The number of piperidine rings is 1. The Balaban J connectivity index is 0.981. The molecule has 318 valence electrons. The highest BCUT2D eigenvalue weighted by atomic mass is 19.4. The molecular formula is C41H51F3N8O7. The van der Waals surface area contributed by atoms with Gasteiger partial charge in [0.25, 0.3) is 0 Å². The Morgan fingerprint density at radius 2 is 1.54 bits per heavy atom. The van der Waals surface area contributed by atoms with E-state index in [9.17, 15) is 32.3 Å². The number of rotatable bonds is 8. The van der Waals surface area contributed by atoms with E-state index in [1.54, 1.807) is 51.2 Å². The van der Waals surface area contributed by atoms with E-state index < -0.39 is 29.8 Å². The van der Waals surface area contributed by atoms with Gasteiger partial charge >= 0.3 is 24.6 Å². The second kappa shape index (κ2) is 17.0. The van der Waals surface area contributed by atoms with E-state index in [0.29, 0.717) is 62.3 Å². The van der Waals surface area contributed by atoms with Crippen molar-refractivity contribution >= 4 is 29.8 Å². The number of hydrogen-bond donors (Lipinski definition) is 3. The van der Waals surface area contributed by atoms with Gasteiger partial charge in [-0.05, 0) is 82.6 Å². The molecule has 0 saturated carbocycles. The maximum Gasteiger partial charge on any atom is 0.573 e. The number of H-pyrrole nitrogens is 1. The normalized spacial score (nSPS) is 21.3. The van der Waals surface area contributed by atoms with Crippen molar-refractivity contribution in [3.63, 3.8) is 0 Å². The van der Waals surface area contributed by atoms with Crippen LogP contribution in [0.1, 0.15) is 71.2 Å². The number of benzene rings is 2. The third-order valence-electron chi connectivity index (χ3n) is 11.4. The summed E-state index contributed by atoms with van der Waals surface area (Å²) in [5, 5.41) is 5.21. The quantitative estimate of drug-likeness (QED) is 0.224. The minimum atomic E-state index is -4.98. The van der Waals surface area contributed by atoms with Crippen LogP contribution in [0.15, 0.2) is 48.7 Å². The summed E-state index contributed by atoms with van der Waals surface area (Å²) in [5.41, 5.74) is 1.63. The number of nitrogens with zero attached hydrogens (tertiary/aromatic N) is 5. The lowest BCUT2D eigenvalue weighted by atomic mass is 9.99. The van der Waals surface area contributed by atoms with Gasteiger partial charge in [0.1, 0.15) is 23.7 Å². The average Bonchev–Trinajstić information content (AvgIpc) is 3.94. The molecule has 18 heteroatoms. The number of aromatic amines is 1. The van der Waals surface area contributed by atoms with Crippen LogP contribution < -0.4 is 15.4 Å². The Morgan fingerprint density at radius 1 is 0.864 bits per heavy atom. The smallest absolute Gasteiger partial charge is 0.453 e. The van der Waals surface area contributed by atoms with Crippen LogP contribution in [-0.4, -0.2) is 130 Å². The predicted octanol–water partition coefficient (Wildman–Crippen LogP) is 6.74. The van der Waals surface area contributed by atoms with Gasteiger partial charge in [-0.3, -0.25) is 9.69 Å². The summed E-state index contributed by atoms with van der Waals surface area (Å²) < 4.78 is 55.7. The van der Waals surface area contributed by atoms with Crippen molar-refractivity contribution in [3.8, 4) is 28.1 Å². The fourth-order valence-corrected chi connectivity index (χ4v) is 8.77. The zero-order chi connectivity index (χ0) is 42.1. The van der Waals surface area contributed by atoms with Gasteiger partial charge in [0.15, 0.2) is 0 Å². The summed E-state index contributed by atoms with van der Waals surface area (Å²) in [7, 11) is 1.22. The highest BCUT2D eigenvalue weighted by Crippen LogP contribution is 2.39. The highest BCUT2D eigenvalue weighted by molar-refractivity contribution is 5.91. The lowest BCUT2D eigenvalue weighted by Gasteiger charge is -2.47. The lowest BCUT2D eigenvalue weighted by Crippen LogP contribution is -2.60. The van der Waals surface area contributed by atoms with Crippen LogP contribution in [0.3, 0.4) is 0 Å². The minimum absolute atomic E-state index is 0.156. The first-order valence-electron chi connectivity index (χ1n) is 20.0. The van der Waals surface area contributed by atoms with Crippen LogP contribution in [0.4, 0.5) is 33.2 Å². The van der Waals surface area contributed by atoms with Crippen molar-refractivity contribution in [1.29, 1.82) is 0 Å². The molecule has 5 amide bonds. The Hall–Kier alpha value is -5.52. The number of alkyl carbamates (subject to hydrolysis) is 1. The Labute approximate surface area is 340 Å². The van der Waals surface area contributed by atoms with E-state index in [1.807, 2.05) is 20.8 Å². The Morgan fingerprint density at radius 3 is 2.19 bits per heavy atom. The van der Waals surface area contributed by atoms with Crippen LogP contribution in [-0.2, 0) is 14.3 Å². The SMILES string of the molecule is COC(=O)NCC(=O)N1CCCC1c1ncc(-c2ccc(-c3ccc(NC(=O)N4CC5CCC(C4)N5C4CCN(C(=O)OC(C)(C)C)CC4)cc3OC(F)(F)F)cc2)[nH]1. The molecule has 4 saturated heterocycles. The third-order valence-corrected chi connectivity index (χ3v) is 11.4. The number of amides is 5. The number of piperazine rings is 1. The first-order chi connectivity index (χ1) is 28.0. The topological polar surface area (TPSA) is 162 Å². The van der Waals surface area contributed by atoms with Gasteiger partial charge in [0, 0.05) is 68.2 Å². The molecule has 7 rings (SSSR count). The van der Waals surface area contributed by atoms with Gasteiger partial charge in [-0.15, -0.1) is 13.2 Å². The summed E-state index contributed by atoms with van der Waals surface area (Å²) in [6, 6.07) is 11.0. The van der Waals surface area contributed by atoms with Crippen molar-refractivity contribution < 1.29 is 46.6 Å². The van der Waals surface area contributed by atoms with Crippen LogP contribution in [0.5, 0.6) is 5.75 Å². The molecule has 3 unspecified atom stereocenters. The summed E-state index contributed by atoms with van der Waals surface area (Å²) in [6.07, 6.45) is 0.640. The molecule has 3 aromatic rings. The van der Waals surface area contributed by atoms with Crippen LogP contribution >= 0.6 is 0 Å². The number of hydrogen-bond acceptors (Lipinski definition) is 9. The van der Waals surface area contributed by atoms with Crippen molar-refractivity contribution in [2.75, 3.05) is 51.7 Å². The summed E-state index contributed by atoms with van der Waals surface area (Å²) >= 11 is 0. The van der Waals surface area contributed by atoms with E-state index in [-0.39, 0.29) is 47.9 Å². The highest BCUT2D eigenvalue weighted by Gasteiger charge is 2.45. The number of alkyl halides is 3. The van der Waals surface area contributed by atoms with Crippen molar-refractivity contribution in [2.24, 2.45) is 0 Å². The maximum absolute atomic E-state index is 13.7. The summed E-state index contributed by atoms with van der Waals surface area (Å²) in [5.74, 6) is -0.139. The molecule has 4 aliphatic rings. The van der Waals surface area contributed by atoms with Gasteiger partial charge in [0.2, 0.25) is 5.91 Å². The molecular weight excluding hydrogens is 773 g/mol. The van der Waals surface area contributed by atoms with E-state index in [1.165, 1.54) is 19.2 Å². The maximum atomic E-state index is 13.7. The molecule has 3 N–H and O–H groups in total. The van der Waals surface area contributed by atoms with Crippen molar-refractivity contribution in [2.45, 2.75) is 95.4 Å². The van der Waals surface area contributed by atoms with E-state index in [4.69, 9.17) is 4.74 Å². The lowest BCUT2D eigenvalue weighted by molar-refractivity contribution is -0.274. The fourth-order valence-electron chi connectivity index (χ4n) is 8.77. The average molecular weight is 825 g/mol. The molecule has 59 heavy (non-hydrogen) atoms. The van der Waals surface area contributed by atoms with Gasteiger partial charge < -0.3 is 44.5 Å². The molecule has 3 atom stereocenters. The van der Waals surface area contributed by atoms with Gasteiger partial charge in [-0.2, -0.15) is 0 Å². The standard InChI is InChI=1S/C41H51F3N8O7/c1-40(2,3)59-39(56)49-18-15-28(16-19-49)52-29-12-13-30(52)24-50(23-29)37(54)47-27-11-14-31(34(20-27)58-41(42,43)44)25-7-9-26(10-8-25)32-21-45-36(48-32)33-6-5-17-51(33)35(53)22-46-38(55)57-4/h7-11,14,20-21,28-30,33H,5-6,12-13,15-19,22-24H2,1-4H3,(H,45,48)(H,46,55)(H,47,54). The molecule has 0 aliphatic carbocycles. The number of carbonyl (C=O) groups excluding carboxylic acids is 4. The molecule has 15 nitrogen and oxygen atoms in total. The number of ether oxygens (including phenoxy) is 3. The largest absolute Gasteiger partial charge is 0.573 e. The van der Waals surface area contributed by atoms with E-state index in [0.717, 1.165) is 37.7 Å². The van der Waals surface area contributed by atoms with Gasteiger partial charge in [0.05, 0.1) is 25.0 Å². The van der Waals surface area contributed by atoms with Crippen molar-refractivity contribution in [1.82, 2.24) is 34.9 Å². The van der Waals surface area contributed by atoms with Crippen LogP contribution in [0.25, 0.3) is 22.4 Å². The van der Waals surface area contributed by atoms with Crippen LogP contribution in [0.2, 0.25) is 0 Å². The summed E-state index contributed by atoms with van der Waals surface area (Å²) in [6.45, 7) is 8.07. The molecule has 1 aromatic heterocycles. The minimum Gasteiger partial charge on any atom is -0.453 e. The number of carbonyl (C=O) groups is 4. The molecule has 0 radical (unpaired) electrons. The number of fused-ring (bicyclic) bond motifs is 2. The second-order valence-electron chi connectivity index (χ2n) is 16.5. The van der Waals surface area contributed by atoms with Crippen molar-refractivity contribution in [3.05, 3.63) is 54.5 Å². The molecule has 5 heterocycles. The first kappa shape index (κ1) is 41.6. The predicted molar refractivity (Wildman–Crippen MR) is 210 cm³/mol. The third kappa shape index (κ3) is 9.86. The molecule has 4 fully saturated rings. The molecule has 2 aromatic carbocycles. The number of imidazole rings is 1. The zero-order valence-corrected chi connectivity index (χ0v) is 33.6. The van der Waals surface area contributed by atoms with Crippen LogP contribution in [0, 0.1) is 0 Å². The van der Waals surface area contributed by atoms with Gasteiger partial charge in [-0.25, -0.2) is 19.4 Å². The van der Waals surface area contributed by atoms with E-state index >= 15 is 0 Å². The number of anilines is 1. The second-order valence-corrected chi connectivity index (χ2v) is 16.5. The number of nitrogens with one attached hydrogen (secondary N) is 3. The summed E-state index contributed by atoms with van der Waals surface area (Å²) in [4.78, 5) is 65.8. The number of methoxy groups -OCH3 is 1. The Kier molecular flexibility index (Phi) is 12.0. The van der Waals surface area contributed by atoms with Gasteiger partial charge in [-0.1, -0.05) is 24.3 Å². The zero-order valence-electron chi connectivity index (χ0n) is 33.6. The number of halogens is 3. The van der Waals surface area contributed by atoms with E-state index in [2.05, 4.69) is 35.0 Å². The number of urea groups is 1. The molecule has 4 aliphatic heterocycles. The Bertz CT molecular complexity index is 2000. The molecule has 0 spiro atoms.